The number of carbonyl (C=O) groups excluding carboxylic acids is 1. The summed E-state index contributed by atoms with van der Waals surface area (Å²) in [5.41, 5.74) is 2.26. The smallest absolute Gasteiger partial charge is 0.327 e. The Morgan fingerprint density at radius 3 is 2.15 bits per heavy atom. The minimum Gasteiger partial charge on any atom is -0.480 e. The highest BCUT2D eigenvalue weighted by Gasteiger charge is 2.24. The number of rotatable bonds is 11. The number of aryl methyl sites for hydroxylation is 1. The SMILES string of the molecule is O=C(N[C@@H](CSCCc1ccccc1)C(=O)O)[C@H](CS)Cc1ccccc1. The molecule has 0 fully saturated rings. The summed E-state index contributed by atoms with van der Waals surface area (Å²) in [6, 6.07) is 18.8. The minimum absolute atomic E-state index is 0.259. The van der Waals surface area contributed by atoms with Crippen molar-refractivity contribution in [2.45, 2.75) is 18.9 Å². The van der Waals surface area contributed by atoms with Gasteiger partial charge in [0.15, 0.2) is 0 Å². The van der Waals surface area contributed by atoms with E-state index in [0.29, 0.717) is 17.9 Å². The molecule has 0 heterocycles. The van der Waals surface area contributed by atoms with Crippen molar-refractivity contribution in [3.05, 3.63) is 71.8 Å². The first-order valence-corrected chi connectivity index (χ1v) is 10.7. The third-order valence-corrected chi connectivity index (χ3v) is 5.70. The minimum atomic E-state index is -1.01. The molecule has 2 atom stereocenters. The molecule has 2 aromatic rings. The number of benzene rings is 2. The lowest BCUT2D eigenvalue weighted by molar-refractivity contribution is -0.141. The molecule has 2 rings (SSSR count). The van der Waals surface area contributed by atoms with Gasteiger partial charge in [-0.3, -0.25) is 4.79 Å². The fourth-order valence-corrected chi connectivity index (χ4v) is 3.94. The highest BCUT2D eigenvalue weighted by atomic mass is 32.2. The van der Waals surface area contributed by atoms with Crippen molar-refractivity contribution in [2.75, 3.05) is 17.3 Å². The Kier molecular flexibility index (Phi) is 9.28. The quantitative estimate of drug-likeness (QED) is 0.398. The van der Waals surface area contributed by atoms with Crippen LogP contribution in [0.5, 0.6) is 0 Å². The van der Waals surface area contributed by atoms with E-state index in [1.165, 1.54) is 17.3 Å². The van der Waals surface area contributed by atoms with Crippen LogP contribution in [0.3, 0.4) is 0 Å². The number of carboxylic acids is 1. The zero-order valence-electron chi connectivity index (χ0n) is 15.1. The molecular weight excluding hydrogens is 378 g/mol. The number of thioether (sulfide) groups is 1. The van der Waals surface area contributed by atoms with E-state index in [1.54, 1.807) is 0 Å². The van der Waals surface area contributed by atoms with Gasteiger partial charge in [-0.2, -0.15) is 24.4 Å². The van der Waals surface area contributed by atoms with Crippen LogP contribution in [0.4, 0.5) is 0 Å². The van der Waals surface area contributed by atoms with Crippen LogP contribution in [0.1, 0.15) is 11.1 Å². The normalized spacial score (nSPS) is 12.9. The topological polar surface area (TPSA) is 66.4 Å². The van der Waals surface area contributed by atoms with Gasteiger partial charge in [0.1, 0.15) is 6.04 Å². The van der Waals surface area contributed by atoms with Gasteiger partial charge in [-0.15, -0.1) is 0 Å². The van der Waals surface area contributed by atoms with Crippen molar-refractivity contribution in [2.24, 2.45) is 5.92 Å². The standard InChI is InChI=1S/C21H25NO3S2/c23-20(18(14-26)13-17-9-5-2-6-10-17)22-19(21(24)25)15-27-12-11-16-7-3-1-4-8-16/h1-10,18-19,26H,11-15H2,(H,22,23)(H,24,25)/t18-,19-/m0/s1. The summed E-state index contributed by atoms with van der Waals surface area (Å²) < 4.78 is 0. The van der Waals surface area contributed by atoms with Crippen molar-refractivity contribution >= 4 is 36.3 Å². The Morgan fingerprint density at radius 2 is 1.59 bits per heavy atom. The highest BCUT2D eigenvalue weighted by Crippen LogP contribution is 2.13. The van der Waals surface area contributed by atoms with Gasteiger partial charge in [0, 0.05) is 11.5 Å². The van der Waals surface area contributed by atoms with E-state index in [1.807, 2.05) is 48.5 Å². The van der Waals surface area contributed by atoms with Crippen LogP contribution in [0.2, 0.25) is 0 Å². The molecule has 0 aromatic heterocycles. The third-order valence-electron chi connectivity index (χ3n) is 4.19. The van der Waals surface area contributed by atoms with E-state index in [4.69, 9.17) is 0 Å². The summed E-state index contributed by atoms with van der Waals surface area (Å²) in [5.74, 6) is -0.0961. The van der Waals surface area contributed by atoms with Gasteiger partial charge < -0.3 is 10.4 Å². The summed E-state index contributed by atoms with van der Waals surface area (Å²) in [7, 11) is 0. The Bertz CT molecular complexity index is 710. The second kappa shape index (κ2) is 11.7. The van der Waals surface area contributed by atoms with Crippen molar-refractivity contribution in [1.82, 2.24) is 5.32 Å². The fourth-order valence-electron chi connectivity index (χ4n) is 2.64. The maximum atomic E-state index is 12.5. The number of carbonyl (C=O) groups is 2. The number of thiol groups is 1. The Morgan fingerprint density at radius 1 is 1.00 bits per heavy atom. The van der Waals surface area contributed by atoms with Gasteiger partial charge in [0.05, 0.1) is 5.92 Å². The second-order valence-electron chi connectivity index (χ2n) is 6.28. The number of hydrogen-bond donors (Lipinski definition) is 3. The largest absolute Gasteiger partial charge is 0.480 e. The van der Waals surface area contributed by atoms with E-state index in [9.17, 15) is 14.7 Å². The van der Waals surface area contributed by atoms with Crippen LogP contribution in [-0.2, 0) is 22.4 Å². The molecule has 0 radical (unpaired) electrons. The number of nitrogens with one attached hydrogen (secondary N) is 1. The van der Waals surface area contributed by atoms with E-state index in [0.717, 1.165) is 17.7 Å². The van der Waals surface area contributed by atoms with Crippen molar-refractivity contribution in [3.8, 4) is 0 Å². The van der Waals surface area contributed by atoms with Gasteiger partial charge in [-0.05, 0) is 29.7 Å². The zero-order chi connectivity index (χ0) is 19.5. The molecule has 6 heteroatoms. The summed E-state index contributed by atoms with van der Waals surface area (Å²) in [5, 5.41) is 12.1. The summed E-state index contributed by atoms with van der Waals surface area (Å²) in [4.78, 5) is 24.0. The number of carboxylic acid groups (broad SMARTS) is 1. The maximum absolute atomic E-state index is 12.5. The van der Waals surface area contributed by atoms with Crippen LogP contribution in [0.15, 0.2) is 60.7 Å². The first kappa shape index (κ1) is 21.4. The molecule has 0 aliphatic carbocycles. The molecule has 0 spiro atoms. The molecule has 0 bridgehead atoms. The molecule has 1 amide bonds. The first-order valence-electron chi connectivity index (χ1n) is 8.89. The molecule has 0 aliphatic rings. The van der Waals surface area contributed by atoms with Gasteiger partial charge in [-0.25, -0.2) is 4.79 Å². The van der Waals surface area contributed by atoms with E-state index >= 15 is 0 Å². The zero-order valence-corrected chi connectivity index (χ0v) is 16.8. The fraction of sp³-hybridized carbons (Fsp3) is 0.333. The Hall–Kier alpha value is -1.92. The van der Waals surface area contributed by atoms with E-state index in [-0.39, 0.29) is 11.8 Å². The molecule has 0 saturated heterocycles. The molecule has 144 valence electrons. The summed E-state index contributed by atoms with van der Waals surface area (Å²) >= 11 is 5.81. The summed E-state index contributed by atoms with van der Waals surface area (Å²) in [6.07, 6.45) is 1.42. The highest BCUT2D eigenvalue weighted by molar-refractivity contribution is 7.99. The van der Waals surface area contributed by atoms with Gasteiger partial charge in [0.2, 0.25) is 5.91 Å². The molecular formula is C21H25NO3S2. The second-order valence-corrected chi connectivity index (χ2v) is 7.79. The van der Waals surface area contributed by atoms with Crippen molar-refractivity contribution in [3.63, 3.8) is 0 Å². The van der Waals surface area contributed by atoms with Crippen molar-refractivity contribution in [1.29, 1.82) is 0 Å². The number of amides is 1. The average molecular weight is 404 g/mol. The van der Waals surface area contributed by atoms with Crippen LogP contribution in [0.25, 0.3) is 0 Å². The van der Waals surface area contributed by atoms with Crippen molar-refractivity contribution < 1.29 is 14.7 Å². The summed E-state index contributed by atoms with van der Waals surface area (Å²) in [6.45, 7) is 0. The molecule has 2 aromatic carbocycles. The molecule has 0 saturated carbocycles. The maximum Gasteiger partial charge on any atom is 0.327 e. The predicted molar refractivity (Wildman–Crippen MR) is 115 cm³/mol. The molecule has 0 unspecified atom stereocenters. The molecule has 2 N–H and O–H groups in total. The monoisotopic (exact) mass is 403 g/mol. The van der Waals surface area contributed by atoms with Crippen LogP contribution >= 0.6 is 24.4 Å². The molecule has 27 heavy (non-hydrogen) atoms. The lowest BCUT2D eigenvalue weighted by Gasteiger charge is -2.19. The van der Waals surface area contributed by atoms with Crippen LogP contribution in [0, 0.1) is 5.92 Å². The average Bonchev–Trinajstić information content (AvgIpc) is 2.69. The lowest BCUT2D eigenvalue weighted by Crippen LogP contribution is -2.46. The van der Waals surface area contributed by atoms with Gasteiger partial charge in [0.25, 0.3) is 0 Å². The lowest BCUT2D eigenvalue weighted by atomic mass is 10.00. The first-order chi connectivity index (χ1) is 13.1. The molecule has 4 nitrogen and oxygen atoms in total. The molecule has 0 aliphatic heterocycles. The third kappa shape index (κ3) is 7.69. The van der Waals surface area contributed by atoms with Gasteiger partial charge in [-0.1, -0.05) is 60.7 Å². The predicted octanol–water partition coefficient (Wildman–Crippen LogP) is 3.32. The van der Waals surface area contributed by atoms with Gasteiger partial charge >= 0.3 is 5.97 Å². The Balaban J connectivity index is 1.82. The number of aliphatic carboxylic acids is 1. The van der Waals surface area contributed by atoms with Crippen LogP contribution < -0.4 is 5.32 Å². The van der Waals surface area contributed by atoms with E-state index in [2.05, 4.69) is 30.1 Å². The van der Waals surface area contributed by atoms with Crippen LogP contribution in [-0.4, -0.2) is 40.3 Å². The number of hydrogen-bond acceptors (Lipinski definition) is 4. The van der Waals surface area contributed by atoms with E-state index < -0.39 is 12.0 Å². The Labute approximate surface area is 170 Å².